The van der Waals surface area contributed by atoms with E-state index in [4.69, 9.17) is 5.73 Å². The van der Waals surface area contributed by atoms with E-state index in [2.05, 4.69) is 5.32 Å². The number of hydrogen-bond acceptors (Lipinski definition) is 2. The van der Waals surface area contributed by atoms with Crippen LogP contribution in [-0.4, -0.2) is 17.9 Å². The quantitative estimate of drug-likeness (QED) is 0.882. The molecule has 0 fully saturated rings. The highest BCUT2D eigenvalue weighted by molar-refractivity contribution is 5.97. The summed E-state index contributed by atoms with van der Waals surface area (Å²) in [7, 11) is 0. The number of carbonyl (C=O) groups is 2. The Morgan fingerprint density at radius 1 is 1.12 bits per heavy atom. The second-order valence-electron chi connectivity index (χ2n) is 5.65. The van der Waals surface area contributed by atoms with Gasteiger partial charge in [0.1, 0.15) is 6.04 Å². The summed E-state index contributed by atoms with van der Waals surface area (Å²) in [6, 6.07) is 7.86. The summed E-state index contributed by atoms with van der Waals surface area (Å²) in [6.45, 7) is 3.89. The number of primary amides is 1. The Kier molecular flexibility index (Phi) is 5.28. The van der Waals surface area contributed by atoms with Crippen molar-refractivity contribution in [2.45, 2.75) is 26.3 Å². The minimum absolute atomic E-state index is 0.166. The van der Waals surface area contributed by atoms with Crippen molar-refractivity contribution in [2.24, 2.45) is 5.73 Å². The van der Waals surface area contributed by atoms with Crippen LogP contribution in [0.2, 0.25) is 0 Å². The summed E-state index contributed by atoms with van der Waals surface area (Å²) < 4.78 is 26.9. The zero-order chi connectivity index (χ0) is 17.9. The van der Waals surface area contributed by atoms with Gasteiger partial charge in [-0.3, -0.25) is 9.59 Å². The molecule has 24 heavy (non-hydrogen) atoms. The summed E-state index contributed by atoms with van der Waals surface area (Å²) in [5.41, 5.74) is 7.80. The van der Waals surface area contributed by atoms with Gasteiger partial charge in [-0.15, -0.1) is 0 Å². The van der Waals surface area contributed by atoms with Gasteiger partial charge < -0.3 is 11.1 Å². The maximum Gasteiger partial charge on any atom is 0.255 e. The number of benzene rings is 2. The van der Waals surface area contributed by atoms with E-state index in [0.717, 1.165) is 28.8 Å². The van der Waals surface area contributed by atoms with E-state index < -0.39 is 35.1 Å². The second-order valence-corrected chi connectivity index (χ2v) is 5.65. The first-order chi connectivity index (χ1) is 11.3. The highest BCUT2D eigenvalue weighted by atomic mass is 19.2. The number of nitrogens with two attached hydrogens (primary N) is 1. The molecule has 0 aliphatic rings. The van der Waals surface area contributed by atoms with E-state index in [1.54, 1.807) is 0 Å². The van der Waals surface area contributed by atoms with Crippen molar-refractivity contribution < 1.29 is 18.4 Å². The van der Waals surface area contributed by atoms with E-state index in [1.807, 2.05) is 32.0 Å². The van der Waals surface area contributed by atoms with E-state index in [9.17, 15) is 18.4 Å². The Labute approximate surface area is 138 Å². The molecule has 3 N–H and O–H groups in total. The highest BCUT2D eigenvalue weighted by Gasteiger charge is 2.22. The van der Waals surface area contributed by atoms with Crippen LogP contribution in [0.5, 0.6) is 0 Å². The van der Waals surface area contributed by atoms with Crippen molar-refractivity contribution in [3.8, 4) is 0 Å². The molecule has 1 atom stereocenters. The molecular weight excluding hydrogens is 314 g/mol. The average molecular weight is 332 g/mol. The van der Waals surface area contributed by atoms with Gasteiger partial charge in [0, 0.05) is 6.42 Å². The third kappa shape index (κ3) is 3.95. The number of carbonyl (C=O) groups excluding carboxylic acids is 2. The predicted octanol–water partition coefficient (Wildman–Crippen LogP) is 2.41. The van der Waals surface area contributed by atoms with Crippen molar-refractivity contribution in [3.63, 3.8) is 0 Å². The number of hydrogen-bond donors (Lipinski definition) is 2. The van der Waals surface area contributed by atoms with Crippen LogP contribution in [0, 0.1) is 25.5 Å². The van der Waals surface area contributed by atoms with Gasteiger partial charge in [0.15, 0.2) is 11.6 Å². The number of nitrogens with one attached hydrogen (secondary N) is 1. The molecule has 0 radical (unpaired) electrons. The molecule has 0 bridgehead atoms. The van der Waals surface area contributed by atoms with Gasteiger partial charge in [0.05, 0.1) is 5.56 Å². The molecule has 0 aliphatic heterocycles. The Hall–Kier alpha value is -2.76. The largest absolute Gasteiger partial charge is 0.368 e. The van der Waals surface area contributed by atoms with Crippen LogP contribution < -0.4 is 11.1 Å². The maximum absolute atomic E-state index is 13.7. The van der Waals surface area contributed by atoms with E-state index in [0.29, 0.717) is 0 Å². The van der Waals surface area contributed by atoms with Crippen LogP contribution in [0.25, 0.3) is 0 Å². The Morgan fingerprint density at radius 3 is 2.46 bits per heavy atom. The fraction of sp³-hybridized carbons (Fsp3) is 0.222. The lowest BCUT2D eigenvalue weighted by Gasteiger charge is -2.16. The third-order valence-electron chi connectivity index (χ3n) is 3.86. The van der Waals surface area contributed by atoms with Gasteiger partial charge in [0.25, 0.3) is 5.91 Å². The normalized spacial score (nSPS) is 11.8. The highest BCUT2D eigenvalue weighted by Crippen LogP contribution is 2.14. The van der Waals surface area contributed by atoms with Crippen LogP contribution in [0.4, 0.5) is 8.78 Å². The molecule has 6 heteroatoms. The molecule has 2 amide bonds. The summed E-state index contributed by atoms with van der Waals surface area (Å²) in [5, 5.41) is 2.36. The topological polar surface area (TPSA) is 72.2 Å². The number of rotatable bonds is 5. The summed E-state index contributed by atoms with van der Waals surface area (Å²) in [4.78, 5) is 23.7. The molecule has 2 rings (SSSR count). The van der Waals surface area contributed by atoms with Crippen LogP contribution in [0.3, 0.4) is 0 Å². The van der Waals surface area contributed by atoms with Gasteiger partial charge >= 0.3 is 0 Å². The lowest BCUT2D eigenvalue weighted by atomic mass is 10.0. The van der Waals surface area contributed by atoms with Crippen molar-refractivity contribution in [2.75, 3.05) is 0 Å². The van der Waals surface area contributed by atoms with E-state index in [-0.39, 0.29) is 6.42 Å². The first-order valence-corrected chi connectivity index (χ1v) is 7.40. The van der Waals surface area contributed by atoms with E-state index >= 15 is 0 Å². The molecule has 4 nitrogen and oxygen atoms in total. The van der Waals surface area contributed by atoms with Crippen LogP contribution in [0.1, 0.15) is 27.0 Å². The summed E-state index contributed by atoms with van der Waals surface area (Å²) in [6.07, 6.45) is 0.166. The van der Waals surface area contributed by atoms with Gasteiger partial charge in [0.2, 0.25) is 5.91 Å². The molecule has 0 heterocycles. The monoisotopic (exact) mass is 332 g/mol. The summed E-state index contributed by atoms with van der Waals surface area (Å²) >= 11 is 0. The van der Waals surface area contributed by atoms with Crippen molar-refractivity contribution in [1.82, 2.24) is 5.32 Å². The molecule has 0 spiro atoms. The lowest BCUT2D eigenvalue weighted by molar-refractivity contribution is -0.119. The zero-order valence-electron chi connectivity index (χ0n) is 13.4. The molecular formula is C18H18F2N2O2. The molecule has 0 unspecified atom stereocenters. The average Bonchev–Trinajstić information content (AvgIpc) is 2.52. The van der Waals surface area contributed by atoms with Crippen molar-refractivity contribution in [1.29, 1.82) is 0 Å². The van der Waals surface area contributed by atoms with Crippen molar-refractivity contribution in [3.05, 3.63) is 70.3 Å². The standard InChI is InChI=1S/C18H18F2N2O2/c1-10-6-7-12(8-11(10)2)9-15(17(21)23)22-18(24)13-4-3-5-14(19)16(13)20/h3-8,15H,9H2,1-2H3,(H2,21,23)(H,22,24)/t15-/m0/s1. The van der Waals surface area contributed by atoms with Gasteiger partial charge in [-0.25, -0.2) is 8.78 Å². The SMILES string of the molecule is Cc1ccc(C[C@H](NC(=O)c2cccc(F)c2F)C(N)=O)cc1C. The molecule has 2 aromatic rings. The van der Waals surface area contributed by atoms with Crippen LogP contribution in [-0.2, 0) is 11.2 Å². The van der Waals surface area contributed by atoms with E-state index in [1.165, 1.54) is 6.07 Å². The van der Waals surface area contributed by atoms with Gasteiger partial charge in [-0.05, 0) is 42.7 Å². The molecule has 0 saturated heterocycles. The Morgan fingerprint density at radius 2 is 1.83 bits per heavy atom. The maximum atomic E-state index is 13.7. The first kappa shape index (κ1) is 17.6. The molecule has 0 aliphatic carbocycles. The molecule has 2 aromatic carbocycles. The zero-order valence-corrected chi connectivity index (χ0v) is 13.4. The molecule has 0 aromatic heterocycles. The number of amides is 2. The van der Waals surface area contributed by atoms with Gasteiger partial charge in [-0.2, -0.15) is 0 Å². The molecule has 126 valence electrons. The second kappa shape index (κ2) is 7.21. The van der Waals surface area contributed by atoms with Crippen LogP contribution >= 0.6 is 0 Å². The Bertz CT molecular complexity index is 791. The smallest absolute Gasteiger partial charge is 0.255 e. The fourth-order valence-corrected chi connectivity index (χ4v) is 2.30. The predicted molar refractivity (Wildman–Crippen MR) is 86.4 cm³/mol. The number of aryl methyl sites for hydroxylation is 2. The third-order valence-corrected chi connectivity index (χ3v) is 3.86. The van der Waals surface area contributed by atoms with Crippen molar-refractivity contribution >= 4 is 11.8 Å². The molecule has 0 saturated carbocycles. The Balaban J connectivity index is 2.19. The minimum atomic E-state index is -1.26. The van der Waals surface area contributed by atoms with Gasteiger partial charge in [-0.1, -0.05) is 24.3 Å². The van der Waals surface area contributed by atoms with Crippen LogP contribution in [0.15, 0.2) is 36.4 Å². The first-order valence-electron chi connectivity index (χ1n) is 7.40. The fourth-order valence-electron chi connectivity index (χ4n) is 2.30. The lowest BCUT2D eigenvalue weighted by Crippen LogP contribution is -2.46. The minimum Gasteiger partial charge on any atom is -0.368 e. The summed E-state index contributed by atoms with van der Waals surface area (Å²) in [5.74, 6) is -4.03. The number of halogens is 2.